The Balaban J connectivity index is 1.38. The first-order chi connectivity index (χ1) is 12.2. The monoisotopic (exact) mass is 331 g/mol. The third-order valence-corrected chi connectivity index (χ3v) is 4.74. The molecule has 0 radical (unpaired) electrons. The SMILES string of the molecule is Cc1cccc2c1ccn2CC(=O)NCCc1c[nH]c2ccccc12. The fraction of sp³-hybridized carbons (Fsp3) is 0.190. The Morgan fingerprint density at radius 1 is 1.08 bits per heavy atom. The zero-order valence-electron chi connectivity index (χ0n) is 14.3. The maximum Gasteiger partial charge on any atom is 0.239 e. The first-order valence-corrected chi connectivity index (χ1v) is 8.58. The van der Waals surface area contributed by atoms with Crippen molar-refractivity contribution in [1.29, 1.82) is 0 Å². The molecule has 0 aliphatic heterocycles. The molecule has 2 N–H and O–H groups in total. The Hall–Kier alpha value is -3.01. The number of aryl methyl sites for hydroxylation is 1. The number of carbonyl (C=O) groups is 1. The zero-order chi connectivity index (χ0) is 17.2. The van der Waals surface area contributed by atoms with Gasteiger partial charge in [-0.1, -0.05) is 30.3 Å². The van der Waals surface area contributed by atoms with Crippen LogP contribution >= 0.6 is 0 Å². The first kappa shape index (κ1) is 15.5. The van der Waals surface area contributed by atoms with Crippen LogP contribution in [-0.4, -0.2) is 22.0 Å². The summed E-state index contributed by atoms with van der Waals surface area (Å²) in [5, 5.41) is 5.46. The molecule has 0 saturated heterocycles. The van der Waals surface area contributed by atoms with Crippen molar-refractivity contribution in [1.82, 2.24) is 14.9 Å². The minimum atomic E-state index is 0.0406. The largest absolute Gasteiger partial charge is 0.361 e. The number of para-hydroxylation sites is 1. The summed E-state index contributed by atoms with van der Waals surface area (Å²) in [4.78, 5) is 15.6. The van der Waals surface area contributed by atoms with Gasteiger partial charge in [-0.3, -0.25) is 4.79 Å². The van der Waals surface area contributed by atoms with Crippen molar-refractivity contribution < 1.29 is 4.79 Å². The highest BCUT2D eigenvalue weighted by molar-refractivity contribution is 5.86. The number of rotatable bonds is 5. The highest BCUT2D eigenvalue weighted by Crippen LogP contribution is 2.19. The summed E-state index contributed by atoms with van der Waals surface area (Å²) in [6.45, 7) is 3.08. The number of aromatic amines is 1. The number of aromatic nitrogens is 2. The number of hydrogen-bond donors (Lipinski definition) is 2. The molecular weight excluding hydrogens is 310 g/mol. The summed E-state index contributed by atoms with van der Waals surface area (Å²) >= 11 is 0. The molecule has 2 aromatic heterocycles. The van der Waals surface area contributed by atoms with Crippen molar-refractivity contribution >= 4 is 27.7 Å². The molecule has 2 aromatic carbocycles. The van der Waals surface area contributed by atoms with Gasteiger partial charge in [0.25, 0.3) is 0 Å². The van der Waals surface area contributed by atoms with Crippen molar-refractivity contribution in [3.63, 3.8) is 0 Å². The molecule has 4 rings (SSSR count). The van der Waals surface area contributed by atoms with Gasteiger partial charge in [0.2, 0.25) is 5.91 Å². The van der Waals surface area contributed by atoms with Gasteiger partial charge in [-0.05, 0) is 42.7 Å². The second kappa shape index (κ2) is 6.48. The second-order valence-electron chi connectivity index (χ2n) is 6.41. The van der Waals surface area contributed by atoms with E-state index in [1.165, 1.54) is 21.9 Å². The highest BCUT2D eigenvalue weighted by Gasteiger charge is 2.08. The van der Waals surface area contributed by atoms with Crippen LogP contribution in [0.5, 0.6) is 0 Å². The third kappa shape index (κ3) is 3.03. The van der Waals surface area contributed by atoms with Gasteiger partial charge < -0.3 is 14.9 Å². The minimum absolute atomic E-state index is 0.0406. The Bertz CT molecular complexity index is 1040. The number of benzene rings is 2. The van der Waals surface area contributed by atoms with Crippen LogP contribution in [0.2, 0.25) is 0 Å². The van der Waals surface area contributed by atoms with E-state index in [9.17, 15) is 4.79 Å². The molecule has 4 aromatic rings. The van der Waals surface area contributed by atoms with Crippen molar-refractivity contribution in [3.05, 3.63) is 72.1 Å². The predicted octanol–water partition coefficient (Wildman–Crippen LogP) is 3.79. The van der Waals surface area contributed by atoms with Gasteiger partial charge in [-0.15, -0.1) is 0 Å². The Morgan fingerprint density at radius 3 is 2.88 bits per heavy atom. The fourth-order valence-corrected chi connectivity index (χ4v) is 3.40. The van der Waals surface area contributed by atoms with E-state index in [4.69, 9.17) is 0 Å². The van der Waals surface area contributed by atoms with E-state index < -0.39 is 0 Å². The number of hydrogen-bond acceptors (Lipinski definition) is 1. The smallest absolute Gasteiger partial charge is 0.239 e. The standard InChI is InChI=1S/C21H21N3O/c1-15-5-4-8-20-17(15)10-12-24(20)14-21(25)22-11-9-16-13-23-19-7-3-2-6-18(16)19/h2-8,10,12-13,23H,9,11,14H2,1H3,(H,22,25). The van der Waals surface area contributed by atoms with Crippen LogP contribution in [0.25, 0.3) is 21.8 Å². The quantitative estimate of drug-likeness (QED) is 0.574. The molecule has 0 saturated carbocycles. The van der Waals surface area contributed by atoms with Crippen LogP contribution in [0.15, 0.2) is 60.9 Å². The molecule has 126 valence electrons. The van der Waals surface area contributed by atoms with Crippen LogP contribution in [0, 0.1) is 6.92 Å². The third-order valence-electron chi connectivity index (χ3n) is 4.74. The average Bonchev–Trinajstić information content (AvgIpc) is 3.21. The van der Waals surface area contributed by atoms with E-state index in [0.29, 0.717) is 13.1 Å². The van der Waals surface area contributed by atoms with Gasteiger partial charge in [0.15, 0.2) is 0 Å². The number of nitrogens with one attached hydrogen (secondary N) is 2. The molecule has 0 fully saturated rings. The Kier molecular flexibility index (Phi) is 4.02. The average molecular weight is 331 g/mol. The maximum atomic E-state index is 12.3. The molecule has 0 aliphatic carbocycles. The lowest BCUT2D eigenvalue weighted by atomic mass is 10.1. The molecule has 0 aliphatic rings. The van der Waals surface area contributed by atoms with Crippen LogP contribution in [0.3, 0.4) is 0 Å². The zero-order valence-corrected chi connectivity index (χ0v) is 14.3. The van der Waals surface area contributed by atoms with Gasteiger partial charge in [0, 0.05) is 40.7 Å². The molecule has 4 heteroatoms. The van der Waals surface area contributed by atoms with Crippen molar-refractivity contribution in [2.45, 2.75) is 19.9 Å². The van der Waals surface area contributed by atoms with E-state index in [2.05, 4.69) is 47.6 Å². The molecule has 0 unspecified atom stereocenters. The van der Waals surface area contributed by atoms with Crippen molar-refractivity contribution in [2.75, 3.05) is 6.54 Å². The van der Waals surface area contributed by atoms with Crippen LogP contribution in [-0.2, 0) is 17.8 Å². The van der Waals surface area contributed by atoms with Crippen LogP contribution in [0.4, 0.5) is 0 Å². The van der Waals surface area contributed by atoms with Gasteiger partial charge in [-0.25, -0.2) is 0 Å². The summed E-state index contributed by atoms with van der Waals surface area (Å²) in [6, 6.07) is 16.5. The first-order valence-electron chi connectivity index (χ1n) is 8.58. The lowest BCUT2D eigenvalue weighted by Gasteiger charge is -2.08. The van der Waals surface area contributed by atoms with E-state index in [0.717, 1.165) is 17.5 Å². The van der Waals surface area contributed by atoms with Gasteiger partial charge >= 0.3 is 0 Å². The number of H-pyrrole nitrogens is 1. The summed E-state index contributed by atoms with van der Waals surface area (Å²) in [7, 11) is 0. The molecule has 4 nitrogen and oxygen atoms in total. The second-order valence-corrected chi connectivity index (χ2v) is 6.41. The van der Waals surface area contributed by atoms with E-state index in [1.807, 2.05) is 35.2 Å². The van der Waals surface area contributed by atoms with Crippen molar-refractivity contribution in [2.24, 2.45) is 0 Å². The van der Waals surface area contributed by atoms with E-state index in [1.54, 1.807) is 0 Å². The number of amides is 1. The van der Waals surface area contributed by atoms with Crippen molar-refractivity contribution in [3.8, 4) is 0 Å². The molecule has 0 spiro atoms. The minimum Gasteiger partial charge on any atom is -0.361 e. The van der Waals surface area contributed by atoms with Crippen LogP contribution < -0.4 is 5.32 Å². The summed E-state index contributed by atoms with van der Waals surface area (Å²) in [6.07, 6.45) is 4.83. The number of fused-ring (bicyclic) bond motifs is 2. The van der Waals surface area contributed by atoms with Gasteiger partial charge in [0.1, 0.15) is 6.54 Å². The molecule has 2 heterocycles. The lowest BCUT2D eigenvalue weighted by molar-refractivity contribution is -0.121. The number of nitrogens with zero attached hydrogens (tertiary/aromatic N) is 1. The number of carbonyl (C=O) groups excluding carboxylic acids is 1. The summed E-state index contributed by atoms with van der Waals surface area (Å²) in [5.41, 5.74) is 4.71. The van der Waals surface area contributed by atoms with E-state index >= 15 is 0 Å². The highest BCUT2D eigenvalue weighted by atomic mass is 16.1. The van der Waals surface area contributed by atoms with Gasteiger partial charge in [0.05, 0.1) is 0 Å². The normalized spacial score (nSPS) is 11.2. The van der Waals surface area contributed by atoms with Crippen LogP contribution in [0.1, 0.15) is 11.1 Å². The molecule has 0 bridgehead atoms. The molecule has 0 atom stereocenters. The summed E-state index contributed by atoms with van der Waals surface area (Å²) < 4.78 is 2.00. The lowest BCUT2D eigenvalue weighted by Crippen LogP contribution is -2.29. The van der Waals surface area contributed by atoms with E-state index in [-0.39, 0.29) is 5.91 Å². The molecule has 25 heavy (non-hydrogen) atoms. The predicted molar refractivity (Wildman–Crippen MR) is 102 cm³/mol. The Labute approximate surface area is 146 Å². The summed E-state index contributed by atoms with van der Waals surface area (Å²) in [5.74, 6) is 0.0406. The Morgan fingerprint density at radius 2 is 1.96 bits per heavy atom. The topological polar surface area (TPSA) is 49.8 Å². The fourth-order valence-electron chi connectivity index (χ4n) is 3.40. The molecule has 1 amide bonds. The molecular formula is C21H21N3O. The van der Waals surface area contributed by atoms with Gasteiger partial charge in [-0.2, -0.15) is 0 Å². The maximum absolute atomic E-state index is 12.3.